The maximum Gasteiger partial charge on any atom is 0.144 e. The number of hydrogen-bond acceptors (Lipinski definition) is 12. The Morgan fingerprint density at radius 1 is 0.151 bits per heavy atom. The summed E-state index contributed by atoms with van der Waals surface area (Å²) in [5.41, 5.74) is 11.6. The highest BCUT2D eigenvalue weighted by molar-refractivity contribution is 8.01. The van der Waals surface area contributed by atoms with E-state index in [1.807, 2.05) is 97.1 Å². The number of hydrogen-bond donors (Lipinski definition) is 0. The van der Waals surface area contributed by atoms with Crippen LogP contribution in [0.3, 0.4) is 0 Å². The van der Waals surface area contributed by atoms with Crippen LogP contribution < -0.4 is 78.7 Å². The molecule has 0 bridgehead atoms. The molecule has 0 aliphatic rings. The highest BCUT2D eigenvalue weighted by Gasteiger charge is 2.48. The molecule has 12 aromatic carbocycles. The van der Waals surface area contributed by atoms with Crippen LogP contribution in [0.25, 0.3) is 0 Å². The van der Waals surface area contributed by atoms with Gasteiger partial charge in [-0.05, 0) is 291 Å². The number of rotatable bonds is 24. The Hall–Kier alpha value is -11.3. The Balaban J connectivity index is 1.10. The average Bonchev–Trinajstić information content (AvgIpc) is 0.751. The quantitative estimate of drug-likeness (QED) is 0.0540. The Morgan fingerprint density at radius 3 is 0.344 bits per heavy atom. The van der Waals surface area contributed by atoms with E-state index in [2.05, 4.69) is 214 Å². The maximum atomic E-state index is 5.65. The lowest BCUT2D eigenvalue weighted by atomic mass is 10.2. The summed E-state index contributed by atoms with van der Waals surface area (Å²) in [6, 6.07) is 102. The highest BCUT2D eigenvalue weighted by Crippen LogP contribution is 2.56. The predicted octanol–water partition coefficient (Wildman–Crippen LogP) is 18.3. The standard InChI is InChI=1S/C80H72N4O8P/c1-85-69-33-9-57(10-34-69)81(58-11-35-70(86-2)36-12-58)65-25-49-77(50-26-65)93(78-51-27-66(28-52-78)82(59-13-37-71(87-3)38-14-59)60-15-39-72(88-4)40-16-60,79-53-29-67(30-54-79)83(61-17-41-73(89-5)42-18-61)62-19-43-74(90-6)44-20-62)80-55-31-68(32-56-80)84(63-21-45-75(91-7)46-22-63)64-23-47-76(92-8)48-24-64/h9-56H,1-8H3/q+1. The van der Waals surface area contributed by atoms with Crippen molar-refractivity contribution in [1.29, 1.82) is 0 Å². The molecule has 0 radical (unpaired) electrons. The molecule has 464 valence electrons. The molecular formula is C80H72N4O8P+. The third-order valence-electron chi connectivity index (χ3n) is 16.6. The van der Waals surface area contributed by atoms with Gasteiger partial charge in [0.05, 0.1) is 56.9 Å². The molecule has 0 amide bonds. The van der Waals surface area contributed by atoms with Crippen LogP contribution in [0, 0.1) is 0 Å². The zero-order valence-corrected chi connectivity index (χ0v) is 54.1. The van der Waals surface area contributed by atoms with Crippen LogP contribution in [0.2, 0.25) is 0 Å². The van der Waals surface area contributed by atoms with Crippen LogP contribution in [-0.4, -0.2) is 56.9 Å². The van der Waals surface area contributed by atoms with E-state index in [1.165, 1.54) is 0 Å². The van der Waals surface area contributed by atoms with Gasteiger partial charge < -0.3 is 57.5 Å². The summed E-state index contributed by atoms with van der Waals surface area (Å²) >= 11 is 0. The predicted molar refractivity (Wildman–Crippen MR) is 382 cm³/mol. The second-order valence-corrected chi connectivity index (χ2v) is 25.1. The molecule has 0 N–H and O–H groups in total. The molecular weight excluding hydrogens is 1180 g/mol. The van der Waals surface area contributed by atoms with Crippen molar-refractivity contribution in [2.75, 3.05) is 76.5 Å². The Bertz CT molecular complexity index is 3590. The number of anilines is 12. The number of nitrogens with zero attached hydrogens (tertiary/aromatic N) is 4. The molecule has 12 aromatic rings. The molecule has 0 fully saturated rings. The summed E-state index contributed by atoms with van der Waals surface area (Å²) in [6.45, 7) is 0. The van der Waals surface area contributed by atoms with Gasteiger partial charge in [-0.25, -0.2) is 0 Å². The Morgan fingerprint density at radius 2 is 0.247 bits per heavy atom. The SMILES string of the molecule is COc1ccc(N(c2ccc(OC)cc2)c2ccc([P+](c3ccc(N(c4ccc(OC)cc4)c4ccc(OC)cc4)cc3)(c3ccc(N(c4ccc(OC)cc4)c4ccc(OC)cc4)cc3)c3ccc(N(c4ccc(OC)cc4)c4ccc(OC)cc4)cc3)cc2)cc1. The Labute approximate surface area is 545 Å². The minimum atomic E-state index is -2.97. The van der Waals surface area contributed by atoms with E-state index in [4.69, 9.17) is 37.9 Å². The van der Waals surface area contributed by atoms with Crippen molar-refractivity contribution in [2.45, 2.75) is 0 Å². The summed E-state index contributed by atoms with van der Waals surface area (Å²) < 4.78 is 45.2. The van der Waals surface area contributed by atoms with Gasteiger partial charge in [0.15, 0.2) is 0 Å². The molecule has 0 spiro atoms. The highest BCUT2D eigenvalue weighted by atomic mass is 31.2. The van der Waals surface area contributed by atoms with Gasteiger partial charge in [-0.3, -0.25) is 0 Å². The molecule has 13 heteroatoms. The summed E-state index contributed by atoms with van der Waals surface area (Å²) in [5, 5.41) is 4.54. The smallest absolute Gasteiger partial charge is 0.144 e. The monoisotopic (exact) mass is 1250 g/mol. The van der Waals surface area contributed by atoms with E-state index in [0.717, 1.165) is 135 Å². The molecule has 0 atom stereocenters. The van der Waals surface area contributed by atoms with E-state index in [1.54, 1.807) is 56.9 Å². The van der Waals surface area contributed by atoms with Crippen LogP contribution in [0.5, 0.6) is 46.0 Å². The van der Waals surface area contributed by atoms with Gasteiger partial charge in [0, 0.05) is 68.2 Å². The van der Waals surface area contributed by atoms with Gasteiger partial charge in [-0.2, -0.15) is 0 Å². The molecule has 12 nitrogen and oxygen atoms in total. The lowest BCUT2D eigenvalue weighted by Crippen LogP contribution is -2.39. The Kier molecular flexibility index (Phi) is 18.8. The van der Waals surface area contributed by atoms with Gasteiger partial charge in [-0.15, -0.1) is 0 Å². The van der Waals surface area contributed by atoms with Gasteiger partial charge in [0.2, 0.25) is 0 Å². The van der Waals surface area contributed by atoms with Crippen molar-refractivity contribution in [3.05, 3.63) is 291 Å². The van der Waals surface area contributed by atoms with Crippen molar-refractivity contribution < 1.29 is 37.9 Å². The lowest BCUT2D eigenvalue weighted by Gasteiger charge is -2.31. The molecule has 0 aromatic heterocycles. The zero-order chi connectivity index (χ0) is 64.3. The minimum absolute atomic E-state index is 0.768. The molecule has 12 rings (SSSR count). The van der Waals surface area contributed by atoms with Crippen LogP contribution in [0.1, 0.15) is 0 Å². The van der Waals surface area contributed by atoms with E-state index in [0.29, 0.717) is 0 Å². The van der Waals surface area contributed by atoms with Crippen molar-refractivity contribution in [2.24, 2.45) is 0 Å². The first-order valence-electron chi connectivity index (χ1n) is 30.3. The fourth-order valence-corrected chi connectivity index (χ4v) is 16.0. The summed E-state index contributed by atoms with van der Waals surface area (Å²) in [4.78, 5) is 9.03. The van der Waals surface area contributed by atoms with Crippen molar-refractivity contribution >= 4 is 96.7 Å². The van der Waals surface area contributed by atoms with Gasteiger partial charge >= 0.3 is 0 Å². The minimum Gasteiger partial charge on any atom is -0.497 e. The van der Waals surface area contributed by atoms with Crippen molar-refractivity contribution in [3.8, 4) is 46.0 Å². The third kappa shape index (κ3) is 12.9. The summed E-state index contributed by atoms with van der Waals surface area (Å²) in [5.74, 6) is 6.15. The van der Waals surface area contributed by atoms with Gasteiger partial charge in [0.25, 0.3) is 0 Å². The first-order chi connectivity index (χ1) is 45.7. The van der Waals surface area contributed by atoms with Crippen LogP contribution in [0.15, 0.2) is 291 Å². The summed E-state index contributed by atoms with van der Waals surface area (Å²) in [6.07, 6.45) is 0. The van der Waals surface area contributed by atoms with Crippen LogP contribution in [-0.2, 0) is 0 Å². The maximum absolute atomic E-state index is 5.65. The number of methoxy groups -OCH3 is 8. The van der Waals surface area contributed by atoms with E-state index >= 15 is 0 Å². The van der Waals surface area contributed by atoms with Gasteiger partial charge in [0.1, 0.15) is 74.5 Å². The number of ether oxygens (including phenoxy) is 8. The van der Waals surface area contributed by atoms with Gasteiger partial charge in [-0.1, -0.05) is 0 Å². The van der Waals surface area contributed by atoms with E-state index in [9.17, 15) is 0 Å². The van der Waals surface area contributed by atoms with Crippen LogP contribution in [0.4, 0.5) is 68.2 Å². The fourth-order valence-electron chi connectivity index (χ4n) is 11.8. The molecule has 0 saturated carbocycles. The average molecular weight is 1250 g/mol. The normalized spacial score (nSPS) is 11.0. The second kappa shape index (κ2) is 28.2. The second-order valence-electron chi connectivity index (χ2n) is 21.7. The zero-order valence-electron chi connectivity index (χ0n) is 53.2. The third-order valence-corrected chi connectivity index (χ3v) is 20.9. The van der Waals surface area contributed by atoms with Crippen LogP contribution >= 0.6 is 7.26 Å². The van der Waals surface area contributed by atoms with Crippen molar-refractivity contribution in [1.82, 2.24) is 0 Å². The topological polar surface area (TPSA) is 86.8 Å². The molecule has 0 saturated heterocycles. The molecule has 0 aliphatic heterocycles. The molecule has 93 heavy (non-hydrogen) atoms. The fraction of sp³-hybridized carbons (Fsp3) is 0.100. The number of benzene rings is 12. The molecule has 0 heterocycles. The molecule has 0 aliphatic carbocycles. The van der Waals surface area contributed by atoms with Crippen molar-refractivity contribution in [3.63, 3.8) is 0 Å². The largest absolute Gasteiger partial charge is 0.497 e. The van der Waals surface area contributed by atoms with E-state index in [-0.39, 0.29) is 0 Å². The first-order valence-corrected chi connectivity index (χ1v) is 32.1. The lowest BCUT2D eigenvalue weighted by molar-refractivity contribution is 0.414. The van der Waals surface area contributed by atoms with E-state index < -0.39 is 7.26 Å². The first kappa shape index (κ1) is 61.9. The summed E-state index contributed by atoms with van der Waals surface area (Å²) in [7, 11) is 10.5. The molecule has 0 unspecified atom stereocenters.